The molecule has 0 aliphatic carbocycles. The van der Waals surface area contributed by atoms with Crippen LogP contribution in [0.1, 0.15) is 33.0 Å². The first-order valence-electron chi connectivity index (χ1n) is 6.55. The Kier molecular flexibility index (Phi) is 3.71. The molecule has 0 N–H and O–H groups in total. The summed E-state index contributed by atoms with van der Waals surface area (Å²) in [4.78, 5) is 4.82. The van der Waals surface area contributed by atoms with Crippen LogP contribution in [0.15, 0.2) is 24.3 Å². The van der Waals surface area contributed by atoms with Crippen LogP contribution >= 0.6 is 0 Å². The van der Waals surface area contributed by atoms with E-state index < -0.39 is 0 Å². The minimum atomic E-state index is 0.0900. The fourth-order valence-electron chi connectivity index (χ4n) is 2.16. The lowest BCUT2D eigenvalue weighted by atomic mass is 9.89. The molecule has 0 aliphatic heterocycles. The van der Waals surface area contributed by atoms with Crippen molar-refractivity contribution in [3.8, 4) is 0 Å². The van der Waals surface area contributed by atoms with Gasteiger partial charge < -0.3 is 9.30 Å². The standard InChI is InChI=1S/C15H22N2O/c1-5-15(2,3)14-16-12-8-6-7-9-13(12)17(14)10-11-18-4/h6-9H,5,10-11H2,1-4H3. The number of para-hydroxylation sites is 2. The molecule has 2 aromatic rings. The minimum Gasteiger partial charge on any atom is -0.383 e. The monoisotopic (exact) mass is 246 g/mol. The van der Waals surface area contributed by atoms with Gasteiger partial charge in [0.25, 0.3) is 0 Å². The van der Waals surface area contributed by atoms with Gasteiger partial charge in [-0.2, -0.15) is 0 Å². The van der Waals surface area contributed by atoms with Crippen LogP contribution in [0.5, 0.6) is 0 Å². The third-order valence-electron chi connectivity index (χ3n) is 3.66. The van der Waals surface area contributed by atoms with E-state index in [4.69, 9.17) is 9.72 Å². The number of hydrogen-bond acceptors (Lipinski definition) is 2. The van der Waals surface area contributed by atoms with Crippen LogP contribution in [0.4, 0.5) is 0 Å². The summed E-state index contributed by atoms with van der Waals surface area (Å²) in [7, 11) is 1.74. The average Bonchev–Trinajstić information content (AvgIpc) is 2.76. The maximum absolute atomic E-state index is 5.22. The Morgan fingerprint density at radius 1 is 1.28 bits per heavy atom. The SMILES string of the molecule is CCC(C)(C)c1nc2ccccc2n1CCOC. The number of fused-ring (bicyclic) bond motifs is 1. The first kappa shape index (κ1) is 13.1. The van der Waals surface area contributed by atoms with Crippen molar-refractivity contribution in [2.75, 3.05) is 13.7 Å². The first-order valence-corrected chi connectivity index (χ1v) is 6.55. The Hall–Kier alpha value is -1.35. The lowest BCUT2D eigenvalue weighted by molar-refractivity contribution is 0.186. The van der Waals surface area contributed by atoms with Crippen LogP contribution in [0, 0.1) is 0 Å². The van der Waals surface area contributed by atoms with Gasteiger partial charge in [-0.1, -0.05) is 32.9 Å². The molecule has 0 atom stereocenters. The summed E-state index contributed by atoms with van der Waals surface area (Å²) in [6.07, 6.45) is 1.07. The van der Waals surface area contributed by atoms with Gasteiger partial charge in [-0.3, -0.25) is 0 Å². The summed E-state index contributed by atoms with van der Waals surface area (Å²) in [5.74, 6) is 1.16. The molecule has 1 heterocycles. The third kappa shape index (κ3) is 2.27. The van der Waals surface area contributed by atoms with E-state index in [1.165, 1.54) is 5.52 Å². The number of ether oxygens (including phenoxy) is 1. The van der Waals surface area contributed by atoms with Gasteiger partial charge in [-0.15, -0.1) is 0 Å². The maximum atomic E-state index is 5.22. The number of methoxy groups -OCH3 is 1. The predicted molar refractivity (Wildman–Crippen MR) is 74.9 cm³/mol. The number of aromatic nitrogens is 2. The van der Waals surface area contributed by atoms with Crippen molar-refractivity contribution >= 4 is 11.0 Å². The highest BCUT2D eigenvalue weighted by molar-refractivity contribution is 5.76. The van der Waals surface area contributed by atoms with Crippen molar-refractivity contribution in [2.45, 2.75) is 39.2 Å². The predicted octanol–water partition coefficient (Wildman–Crippen LogP) is 3.37. The number of rotatable bonds is 5. The second kappa shape index (κ2) is 5.11. The van der Waals surface area contributed by atoms with Gasteiger partial charge in [-0.25, -0.2) is 4.98 Å². The second-order valence-corrected chi connectivity index (χ2v) is 5.31. The summed E-state index contributed by atoms with van der Waals surface area (Å²) in [5.41, 5.74) is 2.36. The van der Waals surface area contributed by atoms with E-state index in [-0.39, 0.29) is 5.41 Å². The van der Waals surface area contributed by atoms with Crippen LogP contribution in [0.3, 0.4) is 0 Å². The molecule has 98 valence electrons. The largest absolute Gasteiger partial charge is 0.383 e. The van der Waals surface area contributed by atoms with Gasteiger partial charge in [0.05, 0.1) is 17.6 Å². The van der Waals surface area contributed by atoms with Gasteiger partial charge in [0.1, 0.15) is 5.82 Å². The molecule has 0 unspecified atom stereocenters. The Balaban J connectivity index is 2.56. The molecule has 2 rings (SSSR count). The molecule has 0 bridgehead atoms. The molecule has 0 saturated heterocycles. The van der Waals surface area contributed by atoms with Crippen LogP contribution in [0.2, 0.25) is 0 Å². The molecule has 0 saturated carbocycles. The quantitative estimate of drug-likeness (QED) is 0.808. The van der Waals surface area contributed by atoms with Crippen molar-refractivity contribution in [1.29, 1.82) is 0 Å². The molecular weight excluding hydrogens is 224 g/mol. The number of nitrogens with zero attached hydrogens (tertiary/aromatic N) is 2. The number of imidazole rings is 1. The fraction of sp³-hybridized carbons (Fsp3) is 0.533. The summed E-state index contributed by atoms with van der Waals surface area (Å²) in [6, 6.07) is 8.32. The maximum Gasteiger partial charge on any atom is 0.115 e. The van der Waals surface area contributed by atoms with Gasteiger partial charge in [0.15, 0.2) is 0 Å². The van der Waals surface area contributed by atoms with E-state index in [0.717, 1.165) is 24.3 Å². The molecule has 1 aromatic heterocycles. The van der Waals surface area contributed by atoms with Gasteiger partial charge in [0, 0.05) is 19.1 Å². The van der Waals surface area contributed by atoms with Gasteiger partial charge >= 0.3 is 0 Å². The topological polar surface area (TPSA) is 27.1 Å². The van der Waals surface area contributed by atoms with Crippen LogP contribution in [0.25, 0.3) is 11.0 Å². The molecule has 3 nitrogen and oxygen atoms in total. The molecule has 1 aromatic carbocycles. The van der Waals surface area contributed by atoms with E-state index in [1.54, 1.807) is 7.11 Å². The summed E-state index contributed by atoms with van der Waals surface area (Å²) in [5, 5.41) is 0. The van der Waals surface area contributed by atoms with Crippen molar-refractivity contribution in [3.05, 3.63) is 30.1 Å². The number of hydrogen-bond donors (Lipinski definition) is 0. The van der Waals surface area contributed by atoms with Crippen LogP contribution in [-0.2, 0) is 16.7 Å². The van der Waals surface area contributed by atoms with Crippen molar-refractivity contribution in [1.82, 2.24) is 9.55 Å². The molecule has 0 aliphatic rings. The van der Waals surface area contributed by atoms with Crippen molar-refractivity contribution in [3.63, 3.8) is 0 Å². The third-order valence-corrected chi connectivity index (χ3v) is 3.66. The Morgan fingerprint density at radius 3 is 2.67 bits per heavy atom. The summed E-state index contributed by atoms with van der Waals surface area (Å²) >= 11 is 0. The zero-order chi connectivity index (χ0) is 13.2. The van der Waals surface area contributed by atoms with E-state index >= 15 is 0 Å². The molecule has 0 spiro atoms. The Labute approximate surface area is 109 Å². The minimum absolute atomic E-state index is 0.0900. The van der Waals surface area contributed by atoms with Crippen molar-refractivity contribution < 1.29 is 4.74 Å². The van der Waals surface area contributed by atoms with Crippen LogP contribution < -0.4 is 0 Å². The zero-order valence-corrected chi connectivity index (χ0v) is 11.7. The highest BCUT2D eigenvalue weighted by Gasteiger charge is 2.25. The molecule has 0 fully saturated rings. The second-order valence-electron chi connectivity index (χ2n) is 5.31. The number of benzene rings is 1. The Bertz CT molecular complexity index is 528. The van der Waals surface area contributed by atoms with E-state index in [0.29, 0.717) is 6.61 Å². The highest BCUT2D eigenvalue weighted by atomic mass is 16.5. The van der Waals surface area contributed by atoms with Crippen molar-refractivity contribution in [2.24, 2.45) is 0 Å². The molecule has 3 heteroatoms. The van der Waals surface area contributed by atoms with E-state index in [1.807, 2.05) is 6.07 Å². The summed E-state index contributed by atoms with van der Waals surface area (Å²) < 4.78 is 7.51. The molecule has 18 heavy (non-hydrogen) atoms. The van der Waals surface area contributed by atoms with Gasteiger partial charge in [0.2, 0.25) is 0 Å². The molecule has 0 radical (unpaired) electrons. The summed E-state index contributed by atoms with van der Waals surface area (Å²) in [6.45, 7) is 8.28. The highest BCUT2D eigenvalue weighted by Crippen LogP contribution is 2.29. The lowest BCUT2D eigenvalue weighted by Crippen LogP contribution is -2.23. The average molecular weight is 246 g/mol. The van der Waals surface area contributed by atoms with E-state index in [9.17, 15) is 0 Å². The Morgan fingerprint density at radius 2 is 2.00 bits per heavy atom. The smallest absolute Gasteiger partial charge is 0.115 e. The van der Waals surface area contributed by atoms with Gasteiger partial charge in [-0.05, 0) is 18.6 Å². The fourth-order valence-corrected chi connectivity index (χ4v) is 2.16. The van der Waals surface area contributed by atoms with E-state index in [2.05, 4.69) is 43.5 Å². The first-order chi connectivity index (χ1) is 8.60. The normalized spacial score (nSPS) is 12.2. The molecule has 0 amide bonds. The zero-order valence-electron chi connectivity index (χ0n) is 11.7. The molecular formula is C15H22N2O. The lowest BCUT2D eigenvalue weighted by Gasteiger charge is -2.23. The van der Waals surface area contributed by atoms with Crippen LogP contribution in [-0.4, -0.2) is 23.3 Å².